The van der Waals surface area contributed by atoms with Crippen LogP contribution in [0.15, 0.2) is 12.4 Å². The van der Waals surface area contributed by atoms with Crippen molar-refractivity contribution in [3.8, 4) is 0 Å². The van der Waals surface area contributed by atoms with E-state index in [1.54, 1.807) is 0 Å². The van der Waals surface area contributed by atoms with Crippen molar-refractivity contribution >= 4 is 17.3 Å². The minimum atomic E-state index is -0.248. The Balaban J connectivity index is 0. The molecule has 0 saturated heterocycles. The molecule has 0 unspecified atom stereocenters. The maximum atomic E-state index is 11.2. The van der Waals surface area contributed by atoms with Gasteiger partial charge in [-0.3, -0.25) is 0 Å². The Bertz CT molecular complexity index is 116. The van der Waals surface area contributed by atoms with Crippen LogP contribution in [0.4, 0.5) is 4.39 Å². The molecule has 0 radical (unpaired) electrons. The van der Waals surface area contributed by atoms with Gasteiger partial charge in [-0.15, -0.1) is 12.2 Å². The zero-order chi connectivity index (χ0) is 7.11. The van der Waals surface area contributed by atoms with E-state index in [1.807, 2.05) is 0 Å². The van der Waals surface area contributed by atoms with Crippen molar-refractivity contribution in [1.29, 1.82) is 0 Å². The van der Waals surface area contributed by atoms with Crippen molar-refractivity contribution < 1.29 is 28.4 Å². The quantitative estimate of drug-likeness (QED) is 0.274. The predicted octanol–water partition coefficient (Wildman–Crippen LogP) is -1.67. The van der Waals surface area contributed by atoms with Crippen LogP contribution in [0, 0.1) is 0 Å². The van der Waals surface area contributed by atoms with Gasteiger partial charge in [0.25, 0.3) is 0 Å². The molecule has 0 aliphatic carbocycles. The van der Waals surface area contributed by atoms with Crippen LogP contribution >= 0.6 is 12.2 Å². The topological polar surface area (TPSA) is 23.1 Å². The maximum absolute atomic E-state index is 11.2. The summed E-state index contributed by atoms with van der Waals surface area (Å²) in [6, 6.07) is 0. The third-order valence-electron chi connectivity index (χ3n) is 0.841. The largest absolute Gasteiger partial charge is 1.00 e. The SMILES string of the molecule is [Li+].[O-]C(=S)CCCC=CF. The number of hydrogen-bond acceptors (Lipinski definition) is 2. The molecule has 0 aromatic heterocycles. The molecule has 0 heterocycles. The Hall–Kier alpha value is 0.157. The first-order chi connectivity index (χ1) is 4.27. The first-order valence-corrected chi connectivity index (χ1v) is 3.13. The second-order valence-corrected chi connectivity index (χ2v) is 2.08. The number of unbranched alkanes of at least 4 members (excludes halogenated alkanes) is 1. The van der Waals surface area contributed by atoms with Gasteiger partial charge in [-0.05, 0) is 19.3 Å². The molecule has 0 aromatic rings. The van der Waals surface area contributed by atoms with Gasteiger partial charge in [-0.2, -0.15) is 0 Å². The molecule has 4 heteroatoms. The van der Waals surface area contributed by atoms with Crippen LogP contribution in [-0.2, 0) is 0 Å². The minimum absolute atomic E-state index is 0. The molecule has 0 saturated carbocycles. The van der Waals surface area contributed by atoms with Crippen LogP contribution in [0.25, 0.3) is 0 Å². The molecule has 0 aliphatic rings. The fourth-order valence-corrected chi connectivity index (χ4v) is 0.572. The van der Waals surface area contributed by atoms with Crippen molar-refractivity contribution in [1.82, 2.24) is 0 Å². The number of thiocarbonyl (C=S) groups is 1. The van der Waals surface area contributed by atoms with E-state index in [4.69, 9.17) is 0 Å². The summed E-state index contributed by atoms with van der Waals surface area (Å²) in [5.74, 6) is 0. The summed E-state index contributed by atoms with van der Waals surface area (Å²) < 4.78 is 11.2. The number of allylic oxidation sites excluding steroid dienone is 1. The van der Waals surface area contributed by atoms with Gasteiger partial charge in [0.05, 0.1) is 6.33 Å². The molecule has 0 aromatic carbocycles. The average Bonchev–Trinajstić information content (AvgIpc) is 1.80. The molecule has 1 nitrogen and oxygen atoms in total. The molecule has 52 valence electrons. The zero-order valence-corrected chi connectivity index (χ0v) is 6.79. The van der Waals surface area contributed by atoms with Gasteiger partial charge in [0.1, 0.15) is 0 Å². The number of hydrogen-bond donors (Lipinski definition) is 0. The van der Waals surface area contributed by atoms with E-state index in [-0.39, 0.29) is 23.9 Å². The molecule has 0 N–H and O–H groups in total. The molecular weight excluding hydrogens is 146 g/mol. The fourth-order valence-electron chi connectivity index (χ4n) is 0.427. The molecule has 0 bridgehead atoms. The average molecular weight is 154 g/mol. The molecule has 0 amide bonds. The summed E-state index contributed by atoms with van der Waals surface area (Å²) in [5, 5.41) is 9.86. The van der Waals surface area contributed by atoms with Crippen LogP contribution in [-0.4, -0.2) is 5.05 Å². The standard InChI is InChI=1S/C6H9FOS.Li/c7-5-3-1-2-4-6(8)9;/h3,5H,1-2,4H2,(H,8,9);/q;+1/p-1. The van der Waals surface area contributed by atoms with Gasteiger partial charge in [0.2, 0.25) is 0 Å². The van der Waals surface area contributed by atoms with Crippen molar-refractivity contribution in [2.75, 3.05) is 0 Å². The molecule has 0 atom stereocenters. The Kier molecular flexibility index (Phi) is 11.7. The van der Waals surface area contributed by atoms with Gasteiger partial charge < -0.3 is 5.11 Å². The first kappa shape index (κ1) is 12.8. The van der Waals surface area contributed by atoms with Crippen molar-refractivity contribution in [2.45, 2.75) is 19.3 Å². The fraction of sp³-hybridized carbons (Fsp3) is 0.500. The molecular formula is C6H8FLiOS. The summed E-state index contributed by atoms with van der Waals surface area (Å²) in [5.41, 5.74) is 0. The molecule has 0 spiro atoms. The molecule has 10 heavy (non-hydrogen) atoms. The Morgan fingerprint density at radius 2 is 2.20 bits per heavy atom. The van der Waals surface area contributed by atoms with Gasteiger partial charge in [-0.1, -0.05) is 11.1 Å². The van der Waals surface area contributed by atoms with E-state index >= 15 is 0 Å². The van der Waals surface area contributed by atoms with Gasteiger partial charge in [-0.25, -0.2) is 4.39 Å². The van der Waals surface area contributed by atoms with Gasteiger partial charge in [0, 0.05) is 0 Å². The molecule has 0 aliphatic heterocycles. The van der Waals surface area contributed by atoms with E-state index in [0.717, 1.165) is 0 Å². The summed E-state index contributed by atoms with van der Waals surface area (Å²) in [6.07, 6.45) is 3.48. The molecule has 0 rings (SSSR count). The van der Waals surface area contributed by atoms with E-state index in [2.05, 4.69) is 12.2 Å². The Morgan fingerprint density at radius 3 is 2.60 bits per heavy atom. The van der Waals surface area contributed by atoms with Crippen LogP contribution < -0.4 is 24.0 Å². The van der Waals surface area contributed by atoms with E-state index in [9.17, 15) is 9.50 Å². The smallest absolute Gasteiger partial charge is 0.867 e. The van der Waals surface area contributed by atoms with Crippen LogP contribution in [0.3, 0.4) is 0 Å². The first-order valence-electron chi connectivity index (χ1n) is 2.72. The maximum Gasteiger partial charge on any atom is 1.00 e. The van der Waals surface area contributed by atoms with Crippen LogP contribution in [0.1, 0.15) is 19.3 Å². The van der Waals surface area contributed by atoms with Gasteiger partial charge >= 0.3 is 18.9 Å². The zero-order valence-electron chi connectivity index (χ0n) is 5.97. The monoisotopic (exact) mass is 154 g/mol. The van der Waals surface area contributed by atoms with Crippen molar-refractivity contribution in [3.05, 3.63) is 12.4 Å². The Morgan fingerprint density at radius 1 is 1.60 bits per heavy atom. The Labute approximate surface area is 77.5 Å². The van der Waals surface area contributed by atoms with E-state index in [1.165, 1.54) is 6.08 Å². The minimum Gasteiger partial charge on any atom is -0.867 e. The summed E-state index contributed by atoms with van der Waals surface area (Å²) in [7, 11) is 0. The van der Waals surface area contributed by atoms with E-state index < -0.39 is 0 Å². The third-order valence-corrected chi connectivity index (χ3v) is 1.04. The van der Waals surface area contributed by atoms with Crippen LogP contribution in [0.5, 0.6) is 0 Å². The summed E-state index contributed by atoms with van der Waals surface area (Å²) in [6.45, 7) is 0. The van der Waals surface area contributed by atoms with Crippen molar-refractivity contribution in [3.63, 3.8) is 0 Å². The van der Waals surface area contributed by atoms with Crippen molar-refractivity contribution in [2.24, 2.45) is 0 Å². The molecule has 0 fully saturated rings. The summed E-state index contributed by atoms with van der Waals surface area (Å²) >= 11 is 4.27. The van der Waals surface area contributed by atoms with E-state index in [0.29, 0.717) is 25.6 Å². The number of rotatable bonds is 4. The number of halogens is 1. The van der Waals surface area contributed by atoms with Crippen LogP contribution in [0.2, 0.25) is 0 Å². The summed E-state index contributed by atoms with van der Waals surface area (Å²) in [4.78, 5) is 0. The van der Waals surface area contributed by atoms with Gasteiger partial charge in [0.15, 0.2) is 0 Å². The third kappa shape index (κ3) is 11.0. The predicted molar refractivity (Wildman–Crippen MR) is 36.7 cm³/mol. The second-order valence-electron chi connectivity index (χ2n) is 1.63. The second kappa shape index (κ2) is 9.16. The normalized spacial score (nSPS) is 9.30.